The first-order chi connectivity index (χ1) is 9.52. The van der Waals surface area contributed by atoms with Crippen molar-refractivity contribution in [1.82, 2.24) is 10.6 Å². The highest BCUT2D eigenvalue weighted by Gasteiger charge is 2.09. The van der Waals surface area contributed by atoms with Gasteiger partial charge < -0.3 is 16.4 Å². The molecule has 0 aromatic carbocycles. The molecule has 108 valence electrons. The second-order valence-corrected chi connectivity index (χ2v) is 5.48. The van der Waals surface area contributed by atoms with Crippen LogP contribution in [0.1, 0.15) is 34.8 Å². The van der Waals surface area contributed by atoms with Gasteiger partial charge in [-0.05, 0) is 26.0 Å². The van der Waals surface area contributed by atoms with Crippen LogP contribution in [0.2, 0.25) is 0 Å². The quantitative estimate of drug-likeness (QED) is 0.699. The molecule has 0 saturated heterocycles. The lowest BCUT2D eigenvalue weighted by atomic mass is 10.3. The number of nitrogens with two attached hydrogens (primary N) is 1. The zero-order valence-electron chi connectivity index (χ0n) is 11.7. The van der Waals surface area contributed by atoms with Gasteiger partial charge in [-0.25, -0.2) is 0 Å². The normalized spacial score (nSPS) is 9.80. The highest BCUT2D eigenvalue weighted by atomic mass is 32.1. The minimum Gasteiger partial charge on any atom is -0.354 e. The van der Waals surface area contributed by atoms with Crippen LogP contribution in [0.3, 0.4) is 0 Å². The lowest BCUT2D eigenvalue weighted by molar-refractivity contribution is -0.121. The molecule has 5 nitrogen and oxygen atoms in total. The predicted octanol–water partition coefficient (Wildman–Crippen LogP) is 0.703. The summed E-state index contributed by atoms with van der Waals surface area (Å²) < 4.78 is 0. The Labute approximate surface area is 122 Å². The average Bonchev–Trinajstić information content (AvgIpc) is 2.84. The van der Waals surface area contributed by atoms with E-state index >= 15 is 0 Å². The fraction of sp³-hybridized carbons (Fsp3) is 0.429. The monoisotopic (exact) mass is 293 g/mol. The van der Waals surface area contributed by atoms with Crippen LogP contribution in [0.4, 0.5) is 0 Å². The van der Waals surface area contributed by atoms with E-state index in [2.05, 4.69) is 22.5 Å². The van der Waals surface area contributed by atoms with Crippen molar-refractivity contribution >= 4 is 23.2 Å². The van der Waals surface area contributed by atoms with Crippen LogP contribution in [0, 0.1) is 11.8 Å². The Hall–Kier alpha value is -1.84. The molecule has 0 atom stereocenters. The van der Waals surface area contributed by atoms with E-state index in [0.717, 1.165) is 4.88 Å². The molecular formula is C14H19N3O2S. The molecule has 0 aliphatic carbocycles. The van der Waals surface area contributed by atoms with E-state index in [1.165, 1.54) is 11.3 Å². The lowest BCUT2D eigenvalue weighted by Crippen LogP contribution is -2.33. The topological polar surface area (TPSA) is 84.2 Å². The Bertz CT molecular complexity index is 526. The smallest absolute Gasteiger partial charge is 0.261 e. The fourth-order valence-corrected chi connectivity index (χ4v) is 2.23. The lowest BCUT2D eigenvalue weighted by Gasteiger charge is -2.08. The molecule has 1 aromatic rings. The largest absolute Gasteiger partial charge is 0.354 e. The number of thiophene rings is 1. The van der Waals surface area contributed by atoms with Gasteiger partial charge >= 0.3 is 0 Å². The molecule has 0 aliphatic rings. The van der Waals surface area contributed by atoms with E-state index in [1.807, 2.05) is 13.8 Å². The average molecular weight is 293 g/mol. The molecule has 2 amide bonds. The van der Waals surface area contributed by atoms with Gasteiger partial charge in [-0.1, -0.05) is 11.8 Å². The summed E-state index contributed by atoms with van der Waals surface area (Å²) in [4.78, 5) is 24.6. The van der Waals surface area contributed by atoms with Crippen LogP contribution in [0.15, 0.2) is 12.1 Å². The molecule has 0 fully saturated rings. The standard InChI is InChI=1S/C14H19N3O2S/c1-10(2)17-13(18)7-9-16-14(19)12-6-5-11(20-12)4-3-8-15/h5-6,10H,7-9,15H2,1-2H3,(H,16,19)(H,17,18). The van der Waals surface area contributed by atoms with Gasteiger partial charge in [0.05, 0.1) is 16.3 Å². The molecular weight excluding hydrogens is 274 g/mol. The van der Waals surface area contributed by atoms with Crippen LogP contribution < -0.4 is 16.4 Å². The summed E-state index contributed by atoms with van der Waals surface area (Å²) in [5, 5.41) is 5.48. The van der Waals surface area contributed by atoms with Crippen LogP contribution in [-0.4, -0.2) is 30.9 Å². The van der Waals surface area contributed by atoms with E-state index in [4.69, 9.17) is 5.73 Å². The van der Waals surface area contributed by atoms with Crippen LogP contribution in [0.5, 0.6) is 0 Å². The first kappa shape index (κ1) is 16.2. The van der Waals surface area contributed by atoms with Gasteiger partial charge in [-0.2, -0.15) is 0 Å². The van der Waals surface area contributed by atoms with Gasteiger partial charge in [-0.15, -0.1) is 11.3 Å². The number of carbonyl (C=O) groups is 2. The summed E-state index contributed by atoms with van der Waals surface area (Å²) in [5.41, 5.74) is 5.29. The maximum Gasteiger partial charge on any atom is 0.261 e. The summed E-state index contributed by atoms with van der Waals surface area (Å²) in [5.74, 6) is 5.36. The molecule has 1 heterocycles. The maximum absolute atomic E-state index is 11.8. The molecule has 0 radical (unpaired) electrons. The number of hydrogen-bond acceptors (Lipinski definition) is 4. The molecule has 0 saturated carbocycles. The van der Waals surface area contributed by atoms with Crippen molar-refractivity contribution in [2.45, 2.75) is 26.3 Å². The predicted molar refractivity (Wildman–Crippen MR) is 80.5 cm³/mol. The minimum atomic E-state index is -0.187. The van der Waals surface area contributed by atoms with E-state index in [1.54, 1.807) is 12.1 Å². The van der Waals surface area contributed by atoms with Crippen LogP contribution in [-0.2, 0) is 4.79 Å². The highest BCUT2D eigenvalue weighted by Crippen LogP contribution is 2.14. The Morgan fingerprint density at radius 3 is 2.80 bits per heavy atom. The number of hydrogen-bond donors (Lipinski definition) is 3. The summed E-state index contributed by atoms with van der Waals surface area (Å²) in [6, 6.07) is 3.61. The van der Waals surface area contributed by atoms with E-state index in [9.17, 15) is 9.59 Å². The van der Waals surface area contributed by atoms with Crippen molar-refractivity contribution in [3.63, 3.8) is 0 Å². The molecule has 0 spiro atoms. The second-order valence-electron chi connectivity index (χ2n) is 4.40. The third-order valence-corrected chi connectivity index (χ3v) is 3.23. The molecule has 0 bridgehead atoms. The summed E-state index contributed by atoms with van der Waals surface area (Å²) in [7, 11) is 0. The van der Waals surface area contributed by atoms with E-state index in [0.29, 0.717) is 18.0 Å². The Kier molecular flexibility index (Phi) is 6.77. The Morgan fingerprint density at radius 1 is 1.40 bits per heavy atom. The Morgan fingerprint density at radius 2 is 2.15 bits per heavy atom. The first-order valence-electron chi connectivity index (χ1n) is 6.39. The summed E-state index contributed by atoms with van der Waals surface area (Å²) >= 11 is 1.31. The van der Waals surface area contributed by atoms with Crippen molar-refractivity contribution in [2.75, 3.05) is 13.1 Å². The van der Waals surface area contributed by atoms with Gasteiger partial charge in [0.1, 0.15) is 0 Å². The van der Waals surface area contributed by atoms with Crippen LogP contribution >= 0.6 is 11.3 Å². The van der Waals surface area contributed by atoms with E-state index < -0.39 is 0 Å². The van der Waals surface area contributed by atoms with Gasteiger partial charge in [0.25, 0.3) is 5.91 Å². The van der Waals surface area contributed by atoms with Gasteiger partial charge in [0, 0.05) is 19.0 Å². The maximum atomic E-state index is 11.8. The first-order valence-corrected chi connectivity index (χ1v) is 7.21. The highest BCUT2D eigenvalue weighted by molar-refractivity contribution is 7.14. The summed E-state index contributed by atoms with van der Waals surface area (Å²) in [6.07, 6.45) is 0.273. The number of carbonyl (C=O) groups excluding carboxylic acids is 2. The van der Waals surface area contributed by atoms with Gasteiger partial charge in [0.15, 0.2) is 0 Å². The van der Waals surface area contributed by atoms with Crippen molar-refractivity contribution in [2.24, 2.45) is 5.73 Å². The molecule has 0 unspecified atom stereocenters. The number of amides is 2. The molecule has 4 N–H and O–H groups in total. The Balaban J connectivity index is 2.39. The van der Waals surface area contributed by atoms with Crippen molar-refractivity contribution in [3.8, 4) is 11.8 Å². The molecule has 1 aromatic heterocycles. The molecule has 6 heteroatoms. The van der Waals surface area contributed by atoms with Crippen molar-refractivity contribution in [3.05, 3.63) is 21.9 Å². The fourth-order valence-electron chi connectivity index (χ4n) is 1.44. The van der Waals surface area contributed by atoms with E-state index in [-0.39, 0.29) is 24.3 Å². The van der Waals surface area contributed by atoms with Crippen molar-refractivity contribution in [1.29, 1.82) is 0 Å². The number of nitrogens with one attached hydrogen (secondary N) is 2. The SMILES string of the molecule is CC(C)NC(=O)CCNC(=O)c1ccc(C#CCN)s1. The molecule has 0 aliphatic heterocycles. The zero-order chi connectivity index (χ0) is 15.0. The van der Waals surface area contributed by atoms with Crippen LogP contribution in [0.25, 0.3) is 0 Å². The summed E-state index contributed by atoms with van der Waals surface area (Å²) in [6.45, 7) is 4.40. The minimum absolute atomic E-state index is 0.0685. The molecule has 20 heavy (non-hydrogen) atoms. The zero-order valence-corrected chi connectivity index (χ0v) is 12.5. The molecule has 1 rings (SSSR count). The third-order valence-electron chi connectivity index (χ3n) is 2.23. The van der Waals surface area contributed by atoms with Crippen molar-refractivity contribution < 1.29 is 9.59 Å². The van der Waals surface area contributed by atoms with Gasteiger partial charge in [-0.3, -0.25) is 9.59 Å². The third kappa shape index (κ3) is 5.87. The number of rotatable bonds is 5. The van der Waals surface area contributed by atoms with Gasteiger partial charge in [0.2, 0.25) is 5.91 Å². The second kappa shape index (κ2) is 8.35.